The fraction of sp³-hybridized carbons (Fsp3) is 0.188. The molecule has 0 atom stereocenters. The van der Waals surface area contributed by atoms with Gasteiger partial charge in [-0.05, 0) is 49.4 Å². The Balaban J connectivity index is 2.48. The van der Waals surface area contributed by atoms with Crippen LogP contribution in [-0.4, -0.2) is 27.5 Å². The average molecular weight is 372 g/mol. The number of hydrogen-bond donors (Lipinski definition) is 0. The van der Waals surface area contributed by atoms with E-state index in [2.05, 4.69) is 0 Å². The van der Waals surface area contributed by atoms with Gasteiger partial charge in [0.25, 0.3) is 10.0 Å². The van der Waals surface area contributed by atoms with Gasteiger partial charge in [-0.1, -0.05) is 17.7 Å². The molecule has 0 fully saturated rings. The predicted octanol–water partition coefficient (Wildman–Crippen LogP) is 3.24. The first-order valence-electron chi connectivity index (χ1n) is 7.04. The van der Waals surface area contributed by atoms with Crippen molar-refractivity contribution in [3.63, 3.8) is 0 Å². The number of hydrogen-bond acceptors (Lipinski definition) is 4. The van der Waals surface area contributed by atoms with E-state index >= 15 is 0 Å². The second-order valence-corrected chi connectivity index (χ2v) is 7.05. The standard InChI is InChI=1S/C16H15ClFNO4S/c1-2-23-16(20)11-19(14-5-3-4-12(17)10-14)24(21,22)15-8-6-13(18)7-9-15/h3-10H,2,11H2,1H3. The van der Waals surface area contributed by atoms with Crippen molar-refractivity contribution in [2.45, 2.75) is 11.8 Å². The van der Waals surface area contributed by atoms with Crippen molar-refractivity contribution in [3.8, 4) is 0 Å². The minimum Gasteiger partial charge on any atom is -0.465 e. The van der Waals surface area contributed by atoms with Crippen LogP contribution < -0.4 is 4.31 Å². The molecule has 0 saturated carbocycles. The number of benzene rings is 2. The molecule has 0 amide bonds. The molecule has 0 aliphatic rings. The number of anilines is 1. The molecule has 0 saturated heterocycles. The number of nitrogens with zero attached hydrogens (tertiary/aromatic N) is 1. The number of rotatable bonds is 6. The van der Waals surface area contributed by atoms with Crippen LogP contribution >= 0.6 is 11.6 Å². The van der Waals surface area contributed by atoms with Crippen molar-refractivity contribution in [2.24, 2.45) is 0 Å². The highest BCUT2D eigenvalue weighted by molar-refractivity contribution is 7.92. The summed E-state index contributed by atoms with van der Waals surface area (Å²) in [6, 6.07) is 10.4. The minimum absolute atomic E-state index is 0.124. The first-order chi connectivity index (χ1) is 11.3. The number of sulfonamides is 1. The minimum atomic E-state index is -4.09. The number of carbonyl (C=O) groups excluding carboxylic acids is 1. The zero-order chi connectivity index (χ0) is 17.7. The molecule has 2 aromatic carbocycles. The van der Waals surface area contributed by atoms with Crippen LogP contribution in [0, 0.1) is 5.82 Å². The second kappa shape index (κ2) is 7.63. The zero-order valence-corrected chi connectivity index (χ0v) is 14.3. The predicted molar refractivity (Wildman–Crippen MR) is 89.0 cm³/mol. The monoisotopic (exact) mass is 371 g/mol. The lowest BCUT2D eigenvalue weighted by Crippen LogP contribution is -2.36. The summed E-state index contributed by atoms with van der Waals surface area (Å²) in [6.45, 7) is 1.23. The van der Waals surface area contributed by atoms with Gasteiger partial charge >= 0.3 is 5.97 Å². The summed E-state index contributed by atoms with van der Waals surface area (Å²) in [5.74, 6) is -1.27. The lowest BCUT2D eigenvalue weighted by atomic mass is 10.3. The molecule has 2 rings (SSSR count). The quantitative estimate of drug-likeness (QED) is 0.731. The van der Waals surface area contributed by atoms with Crippen LogP contribution in [0.2, 0.25) is 5.02 Å². The van der Waals surface area contributed by atoms with Crippen LogP contribution in [0.15, 0.2) is 53.4 Å². The summed E-state index contributed by atoms with van der Waals surface area (Å²) in [6.07, 6.45) is 0. The van der Waals surface area contributed by atoms with Crippen molar-refractivity contribution in [1.82, 2.24) is 0 Å². The molecule has 128 valence electrons. The van der Waals surface area contributed by atoms with Crippen LogP contribution in [0.25, 0.3) is 0 Å². The van der Waals surface area contributed by atoms with Gasteiger partial charge in [0, 0.05) is 5.02 Å². The van der Waals surface area contributed by atoms with Crippen LogP contribution in [0.5, 0.6) is 0 Å². The summed E-state index contributed by atoms with van der Waals surface area (Å²) >= 11 is 5.92. The Labute approximate surface area is 144 Å². The Hall–Kier alpha value is -2.12. The molecule has 5 nitrogen and oxygen atoms in total. The van der Waals surface area contributed by atoms with Crippen LogP contribution in [0.1, 0.15) is 6.92 Å². The largest absolute Gasteiger partial charge is 0.465 e. The molecule has 0 aliphatic heterocycles. The van der Waals surface area contributed by atoms with E-state index in [-0.39, 0.29) is 17.2 Å². The van der Waals surface area contributed by atoms with Gasteiger partial charge in [-0.15, -0.1) is 0 Å². The summed E-state index contributed by atoms with van der Waals surface area (Å²) in [5, 5.41) is 0.315. The smallest absolute Gasteiger partial charge is 0.326 e. The Morgan fingerprint density at radius 2 is 1.88 bits per heavy atom. The zero-order valence-electron chi connectivity index (χ0n) is 12.8. The highest BCUT2D eigenvalue weighted by atomic mass is 35.5. The molecule has 0 heterocycles. The van der Waals surface area contributed by atoms with Crippen molar-refractivity contribution < 1.29 is 22.3 Å². The Bertz CT molecular complexity index is 824. The maximum atomic E-state index is 13.1. The SMILES string of the molecule is CCOC(=O)CN(c1cccc(Cl)c1)S(=O)(=O)c1ccc(F)cc1. The molecule has 2 aromatic rings. The van der Waals surface area contributed by atoms with Gasteiger partial charge in [-0.3, -0.25) is 9.10 Å². The third-order valence-corrected chi connectivity index (χ3v) is 5.10. The van der Waals surface area contributed by atoms with Gasteiger partial charge in [0.2, 0.25) is 0 Å². The average Bonchev–Trinajstić information content (AvgIpc) is 2.53. The van der Waals surface area contributed by atoms with Gasteiger partial charge in [-0.2, -0.15) is 0 Å². The molecule has 0 unspecified atom stereocenters. The van der Waals surface area contributed by atoms with Crippen molar-refractivity contribution >= 4 is 33.3 Å². The van der Waals surface area contributed by atoms with E-state index in [1.54, 1.807) is 19.1 Å². The Kier molecular flexibility index (Phi) is 5.80. The number of carbonyl (C=O) groups is 1. The van der Waals surface area contributed by atoms with Gasteiger partial charge in [-0.25, -0.2) is 12.8 Å². The summed E-state index contributed by atoms with van der Waals surface area (Å²) in [7, 11) is -4.09. The van der Waals surface area contributed by atoms with Crippen molar-refractivity contribution in [1.29, 1.82) is 0 Å². The van der Waals surface area contributed by atoms with Crippen LogP contribution in [0.3, 0.4) is 0 Å². The van der Waals surface area contributed by atoms with Crippen LogP contribution in [-0.2, 0) is 19.6 Å². The third-order valence-electron chi connectivity index (χ3n) is 3.08. The Morgan fingerprint density at radius 1 is 1.21 bits per heavy atom. The fourth-order valence-electron chi connectivity index (χ4n) is 2.00. The molecule has 0 N–H and O–H groups in total. The number of halogens is 2. The molecule has 0 radical (unpaired) electrons. The van der Waals surface area contributed by atoms with E-state index in [4.69, 9.17) is 16.3 Å². The van der Waals surface area contributed by atoms with Gasteiger partial charge in [0.05, 0.1) is 17.2 Å². The highest BCUT2D eigenvalue weighted by Gasteiger charge is 2.27. The maximum absolute atomic E-state index is 13.1. The van der Waals surface area contributed by atoms with E-state index in [0.29, 0.717) is 5.02 Å². The fourth-order valence-corrected chi connectivity index (χ4v) is 3.59. The number of ether oxygens (including phenoxy) is 1. The lowest BCUT2D eigenvalue weighted by molar-refractivity contribution is -0.141. The molecule has 0 aromatic heterocycles. The van der Waals surface area contributed by atoms with Gasteiger partial charge < -0.3 is 4.74 Å². The Morgan fingerprint density at radius 3 is 2.46 bits per heavy atom. The van der Waals surface area contributed by atoms with Gasteiger partial charge in [0.15, 0.2) is 0 Å². The maximum Gasteiger partial charge on any atom is 0.326 e. The van der Waals surface area contributed by atoms with Crippen LogP contribution in [0.4, 0.5) is 10.1 Å². The second-order valence-electron chi connectivity index (χ2n) is 4.75. The summed E-state index contributed by atoms with van der Waals surface area (Å²) in [4.78, 5) is 11.7. The van der Waals surface area contributed by atoms with E-state index < -0.39 is 28.4 Å². The molecular formula is C16H15ClFNO4S. The third kappa shape index (κ3) is 4.24. The summed E-state index contributed by atoms with van der Waals surface area (Å²) < 4.78 is 44.5. The first kappa shape index (κ1) is 18.2. The van der Waals surface area contributed by atoms with Crippen molar-refractivity contribution in [2.75, 3.05) is 17.5 Å². The molecular weight excluding hydrogens is 357 g/mol. The molecule has 0 aliphatic carbocycles. The molecule has 24 heavy (non-hydrogen) atoms. The first-order valence-corrected chi connectivity index (χ1v) is 8.86. The summed E-state index contributed by atoms with van der Waals surface area (Å²) in [5.41, 5.74) is 0.208. The van der Waals surface area contributed by atoms with E-state index in [1.807, 2.05) is 0 Å². The number of esters is 1. The molecule has 0 bridgehead atoms. The van der Waals surface area contributed by atoms with E-state index in [0.717, 1.165) is 28.6 Å². The van der Waals surface area contributed by atoms with E-state index in [9.17, 15) is 17.6 Å². The highest BCUT2D eigenvalue weighted by Crippen LogP contribution is 2.26. The molecule has 8 heteroatoms. The molecule has 0 spiro atoms. The van der Waals surface area contributed by atoms with Crippen molar-refractivity contribution in [3.05, 3.63) is 59.4 Å². The topological polar surface area (TPSA) is 63.7 Å². The normalized spacial score (nSPS) is 11.1. The van der Waals surface area contributed by atoms with E-state index in [1.165, 1.54) is 12.1 Å². The lowest BCUT2D eigenvalue weighted by Gasteiger charge is -2.23. The van der Waals surface area contributed by atoms with Gasteiger partial charge in [0.1, 0.15) is 12.4 Å².